The average molecular weight is 359 g/mol. The quantitative estimate of drug-likeness (QED) is 0.781. The van der Waals surface area contributed by atoms with Gasteiger partial charge in [0.05, 0.1) is 26.7 Å². The Labute approximate surface area is 153 Å². The van der Waals surface area contributed by atoms with Crippen LogP contribution in [0.5, 0.6) is 5.75 Å². The smallest absolute Gasteiger partial charge is 0.238 e. The number of nitrogens with zero attached hydrogens (tertiary/aromatic N) is 2. The largest absolute Gasteiger partial charge is 0.497 e. The number of ether oxygens (including phenoxy) is 1. The van der Waals surface area contributed by atoms with E-state index in [-0.39, 0.29) is 24.9 Å². The van der Waals surface area contributed by atoms with Crippen molar-refractivity contribution >= 4 is 17.5 Å². The first-order chi connectivity index (χ1) is 12.4. The van der Waals surface area contributed by atoms with E-state index in [2.05, 4.69) is 5.32 Å². The summed E-state index contributed by atoms with van der Waals surface area (Å²) in [5, 5.41) is 2.79. The van der Waals surface area contributed by atoms with Crippen molar-refractivity contribution in [2.45, 2.75) is 13.5 Å². The summed E-state index contributed by atoms with van der Waals surface area (Å²) >= 11 is 0. The number of carbonyl (C=O) groups is 2. The molecule has 0 saturated carbocycles. The molecular formula is C19H25N3O4. The average Bonchev–Trinajstić information content (AvgIpc) is 3.00. The fourth-order valence-electron chi connectivity index (χ4n) is 2.42. The third kappa shape index (κ3) is 5.93. The first-order valence-electron chi connectivity index (χ1n) is 8.29. The number of aryl methyl sites for hydroxylation is 1. The standard InChI is InChI=1S/C19H25N3O4/c1-14-5-8-17(26-14)11-22(3)19(24)13-21(2)12-18(23)20-15-6-9-16(25-4)10-7-15/h5-10H,11-13H2,1-4H3,(H,20,23). The van der Waals surface area contributed by atoms with E-state index in [1.807, 2.05) is 19.1 Å². The predicted molar refractivity (Wildman–Crippen MR) is 99.0 cm³/mol. The summed E-state index contributed by atoms with van der Waals surface area (Å²) in [6.45, 7) is 2.52. The minimum atomic E-state index is -0.185. The summed E-state index contributed by atoms with van der Waals surface area (Å²) in [6, 6.07) is 10.8. The predicted octanol–water partition coefficient (Wildman–Crippen LogP) is 2.13. The SMILES string of the molecule is COc1ccc(NC(=O)CN(C)CC(=O)N(C)Cc2ccc(C)o2)cc1. The molecule has 0 aliphatic rings. The van der Waals surface area contributed by atoms with Crippen LogP contribution in [0.4, 0.5) is 5.69 Å². The zero-order valence-electron chi connectivity index (χ0n) is 15.6. The van der Waals surface area contributed by atoms with Crippen LogP contribution in [0.1, 0.15) is 11.5 Å². The Morgan fingerprint density at radius 3 is 2.35 bits per heavy atom. The number of methoxy groups -OCH3 is 1. The highest BCUT2D eigenvalue weighted by molar-refractivity contribution is 5.92. The Balaban J connectivity index is 1.77. The fraction of sp³-hybridized carbons (Fsp3) is 0.368. The molecule has 0 atom stereocenters. The second-order valence-corrected chi connectivity index (χ2v) is 6.21. The molecule has 1 aromatic carbocycles. The number of likely N-dealkylation sites (N-methyl/N-ethyl adjacent to an activating group) is 2. The summed E-state index contributed by atoms with van der Waals surface area (Å²) in [7, 11) is 5.03. The number of amides is 2. The first-order valence-corrected chi connectivity index (χ1v) is 8.29. The van der Waals surface area contributed by atoms with Crippen LogP contribution in [0.25, 0.3) is 0 Å². The molecule has 2 rings (SSSR count). The van der Waals surface area contributed by atoms with Gasteiger partial charge in [-0.2, -0.15) is 0 Å². The summed E-state index contributed by atoms with van der Waals surface area (Å²) in [4.78, 5) is 27.6. The number of hydrogen-bond acceptors (Lipinski definition) is 5. The molecular weight excluding hydrogens is 334 g/mol. The molecule has 0 radical (unpaired) electrons. The molecule has 26 heavy (non-hydrogen) atoms. The first kappa shape index (κ1) is 19.5. The van der Waals surface area contributed by atoms with Crippen molar-refractivity contribution in [3.63, 3.8) is 0 Å². The van der Waals surface area contributed by atoms with Gasteiger partial charge in [-0.1, -0.05) is 0 Å². The number of rotatable bonds is 8. The summed E-state index contributed by atoms with van der Waals surface area (Å²) < 4.78 is 10.6. The van der Waals surface area contributed by atoms with Crippen molar-refractivity contribution < 1.29 is 18.7 Å². The minimum absolute atomic E-state index is 0.0844. The maximum Gasteiger partial charge on any atom is 0.238 e. The lowest BCUT2D eigenvalue weighted by Crippen LogP contribution is -2.39. The van der Waals surface area contributed by atoms with E-state index in [1.165, 1.54) is 0 Å². The highest BCUT2D eigenvalue weighted by Gasteiger charge is 2.15. The van der Waals surface area contributed by atoms with E-state index >= 15 is 0 Å². The molecule has 1 aromatic heterocycles. The molecule has 0 unspecified atom stereocenters. The molecule has 7 heteroatoms. The lowest BCUT2D eigenvalue weighted by atomic mass is 10.3. The van der Waals surface area contributed by atoms with Crippen molar-refractivity contribution in [1.29, 1.82) is 0 Å². The maximum atomic E-state index is 12.3. The molecule has 2 aromatic rings. The van der Waals surface area contributed by atoms with E-state index in [4.69, 9.17) is 9.15 Å². The van der Waals surface area contributed by atoms with Gasteiger partial charge in [0.25, 0.3) is 0 Å². The van der Waals surface area contributed by atoms with Gasteiger partial charge < -0.3 is 19.4 Å². The van der Waals surface area contributed by atoms with E-state index in [0.717, 1.165) is 17.3 Å². The van der Waals surface area contributed by atoms with Crippen molar-refractivity contribution in [3.05, 3.63) is 47.9 Å². The van der Waals surface area contributed by atoms with E-state index in [0.29, 0.717) is 12.2 Å². The summed E-state index contributed by atoms with van der Waals surface area (Å²) in [5.74, 6) is 2.00. The molecule has 0 fully saturated rings. The summed E-state index contributed by atoms with van der Waals surface area (Å²) in [5.41, 5.74) is 0.681. The Kier molecular flexibility index (Phi) is 6.80. The summed E-state index contributed by atoms with van der Waals surface area (Å²) in [6.07, 6.45) is 0. The van der Waals surface area contributed by atoms with E-state index in [9.17, 15) is 9.59 Å². The maximum absolute atomic E-state index is 12.3. The zero-order chi connectivity index (χ0) is 19.1. The van der Waals surface area contributed by atoms with Crippen LogP contribution in [0.15, 0.2) is 40.8 Å². The highest BCUT2D eigenvalue weighted by Crippen LogP contribution is 2.15. The van der Waals surface area contributed by atoms with Gasteiger partial charge in [-0.05, 0) is 50.4 Å². The van der Waals surface area contributed by atoms with Crippen molar-refractivity contribution in [2.24, 2.45) is 0 Å². The van der Waals surface area contributed by atoms with Gasteiger partial charge in [0.2, 0.25) is 11.8 Å². The molecule has 0 aliphatic heterocycles. The topological polar surface area (TPSA) is 75.0 Å². The third-order valence-electron chi connectivity index (χ3n) is 3.81. The number of hydrogen-bond donors (Lipinski definition) is 1. The van der Waals surface area contributed by atoms with Crippen LogP contribution in [0, 0.1) is 6.92 Å². The molecule has 1 N–H and O–H groups in total. The minimum Gasteiger partial charge on any atom is -0.497 e. The number of carbonyl (C=O) groups excluding carboxylic acids is 2. The van der Waals surface area contributed by atoms with Crippen LogP contribution in [-0.2, 0) is 16.1 Å². The Bertz CT molecular complexity index is 739. The number of anilines is 1. The van der Waals surface area contributed by atoms with Gasteiger partial charge in [-0.25, -0.2) is 0 Å². The monoisotopic (exact) mass is 359 g/mol. The van der Waals surface area contributed by atoms with Gasteiger partial charge >= 0.3 is 0 Å². The van der Waals surface area contributed by atoms with E-state index < -0.39 is 0 Å². The van der Waals surface area contributed by atoms with Gasteiger partial charge in [-0.15, -0.1) is 0 Å². The van der Waals surface area contributed by atoms with Crippen molar-refractivity contribution in [2.75, 3.05) is 39.6 Å². The zero-order valence-corrected chi connectivity index (χ0v) is 15.6. The van der Waals surface area contributed by atoms with Gasteiger partial charge in [-0.3, -0.25) is 14.5 Å². The molecule has 1 heterocycles. The lowest BCUT2D eigenvalue weighted by molar-refractivity contribution is -0.131. The van der Waals surface area contributed by atoms with Crippen LogP contribution in [-0.4, -0.2) is 55.9 Å². The second-order valence-electron chi connectivity index (χ2n) is 6.21. The molecule has 140 valence electrons. The van der Waals surface area contributed by atoms with Gasteiger partial charge in [0.15, 0.2) is 0 Å². The number of benzene rings is 1. The fourth-order valence-corrected chi connectivity index (χ4v) is 2.42. The Morgan fingerprint density at radius 1 is 1.08 bits per heavy atom. The second kappa shape index (κ2) is 9.05. The van der Waals surface area contributed by atoms with Crippen molar-refractivity contribution in [1.82, 2.24) is 9.80 Å². The van der Waals surface area contributed by atoms with Crippen LogP contribution in [0.2, 0.25) is 0 Å². The van der Waals surface area contributed by atoms with E-state index in [1.54, 1.807) is 55.3 Å². The number of nitrogens with one attached hydrogen (secondary N) is 1. The molecule has 0 spiro atoms. The Morgan fingerprint density at radius 2 is 1.77 bits per heavy atom. The highest BCUT2D eigenvalue weighted by atomic mass is 16.5. The molecule has 0 aliphatic carbocycles. The molecule has 7 nitrogen and oxygen atoms in total. The van der Waals surface area contributed by atoms with Gasteiger partial charge in [0.1, 0.15) is 17.3 Å². The van der Waals surface area contributed by atoms with Gasteiger partial charge in [0, 0.05) is 12.7 Å². The molecule has 0 saturated heterocycles. The van der Waals surface area contributed by atoms with Crippen LogP contribution < -0.4 is 10.1 Å². The van der Waals surface area contributed by atoms with Crippen molar-refractivity contribution in [3.8, 4) is 5.75 Å². The normalized spacial score (nSPS) is 10.7. The third-order valence-corrected chi connectivity index (χ3v) is 3.81. The lowest BCUT2D eigenvalue weighted by Gasteiger charge is -2.21. The molecule has 0 bridgehead atoms. The van der Waals surface area contributed by atoms with Crippen LogP contribution >= 0.6 is 0 Å². The van der Waals surface area contributed by atoms with Crippen LogP contribution in [0.3, 0.4) is 0 Å². The Hall–Kier alpha value is -2.80. The molecule has 2 amide bonds. The number of furan rings is 1.